The Morgan fingerprint density at radius 2 is 1.86 bits per heavy atom. The molecular formula is C23H29N4OS+. The molecule has 0 unspecified atom stereocenters. The number of benzene rings is 1. The van der Waals surface area contributed by atoms with Gasteiger partial charge in [0.25, 0.3) is 0 Å². The summed E-state index contributed by atoms with van der Waals surface area (Å²) in [7, 11) is 0. The number of anilines is 2. The Hall–Kier alpha value is -2.02. The zero-order chi connectivity index (χ0) is 19.6. The number of aryl methyl sites for hydroxylation is 3. The quantitative estimate of drug-likeness (QED) is 0.679. The van der Waals surface area contributed by atoms with E-state index in [1.165, 1.54) is 45.6 Å². The van der Waals surface area contributed by atoms with Gasteiger partial charge in [-0.25, -0.2) is 9.97 Å². The van der Waals surface area contributed by atoms with Crippen molar-refractivity contribution in [3.63, 3.8) is 0 Å². The summed E-state index contributed by atoms with van der Waals surface area (Å²) in [6.07, 6.45) is 5.95. The van der Waals surface area contributed by atoms with Crippen molar-refractivity contribution in [3.8, 4) is 0 Å². The summed E-state index contributed by atoms with van der Waals surface area (Å²) in [5, 5.41) is 4.89. The highest BCUT2D eigenvalue weighted by molar-refractivity contribution is 7.19. The molecule has 6 heteroatoms. The Labute approximate surface area is 176 Å². The van der Waals surface area contributed by atoms with Gasteiger partial charge in [-0.05, 0) is 55.4 Å². The maximum atomic E-state index is 5.51. The van der Waals surface area contributed by atoms with E-state index < -0.39 is 0 Å². The van der Waals surface area contributed by atoms with Crippen molar-refractivity contribution < 1.29 is 9.64 Å². The lowest BCUT2D eigenvalue weighted by Crippen LogP contribution is -3.12. The molecule has 0 atom stereocenters. The SMILES string of the molecule is CCc1ccc(Nc2nc(C[NH+]3CCOCC3)nc3sc4c(c23)CCCC4)cc1. The van der Waals surface area contributed by atoms with Crippen molar-refractivity contribution in [3.05, 3.63) is 46.1 Å². The average molecular weight is 410 g/mol. The van der Waals surface area contributed by atoms with Gasteiger partial charge in [0.05, 0.1) is 18.6 Å². The lowest BCUT2D eigenvalue weighted by atomic mass is 9.97. The maximum absolute atomic E-state index is 5.51. The molecule has 1 aliphatic carbocycles. The minimum atomic E-state index is 0.833. The molecule has 0 bridgehead atoms. The first-order valence-electron chi connectivity index (χ1n) is 10.9. The van der Waals surface area contributed by atoms with Gasteiger partial charge in [0, 0.05) is 10.6 Å². The number of morpholine rings is 1. The highest BCUT2D eigenvalue weighted by Crippen LogP contribution is 2.39. The number of hydrogen-bond acceptors (Lipinski definition) is 5. The highest BCUT2D eigenvalue weighted by atomic mass is 32.1. The number of fused-ring (bicyclic) bond motifs is 3. The predicted octanol–water partition coefficient (Wildman–Crippen LogP) is 3.29. The minimum absolute atomic E-state index is 0.833. The third-order valence-corrected chi connectivity index (χ3v) is 7.28. The van der Waals surface area contributed by atoms with E-state index in [4.69, 9.17) is 14.7 Å². The fourth-order valence-corrected chi connectivity index (χ4v) is 5.67. The van der Waals surface area contributed by atoms with Crippen LogP contribution in [0.25, 0.3) is 10.2 Å². The van der Waals surface area contributed by atoms with E-state index in [-0.39, 0.29) is 0 Å². The van der Waals surface area contributed by atoms with Gasteiger partial charge in [-0.1, -0.05) is 19.1 Å². The molecule has 2 N–H and O–H groups in total. The van der Waals surface area contributed by atoms with Crippen LogP contribution in [0.4, 0.5) is 11.5 Å². The van der Waals surface area contributed by atoms with Crippen LogP contribution < -0.4 is 10.2 Å². The van der Waals surface area contributed by atoms with E-state index in [0.717, 1.165) is 67.8 Å². The van der Waals surface area contributed by atoms with Crippen LogP contribution >= 0.6 is 11.3 Å². The summed E-state index contributed by atoms with van der Waals surface area (Å²) in [6.45, 7) is 6.78. The molecule has 3 heterocycles. The molecule has 1 aliphatic heterocycles. The number of hydrogen-bond donors (Lipinski definition) is 2. The van der Waals surface area contributed by atoms with Crippen molar-refractivity contribution in [2.45, 2.75) is 45.6 Å². The lowest BCUT2D eigenvalue weighted by molar-refractivity contribution is -0.922. The number of rotatable bonds is 5. The Balaban J connectivity index is 1.53. The Morgan fingerprint density at radius 1 is 1.07 bits per heavy atom. The molecule has 1 saturated heterocycles. The molecule has 0 amide bonds. The molecule has 5 rings (SSSR count). The summed E-state index contributed by atoms with van der Waals surface area (Å²) in [5.41, 5.74) is 3.93. The number of aromatic nitrogens is 2. The second-order valence-corrected chi connectivity index (χ2v) is 9.18. The topological polar surface area (TPSA) is 51.5 Å². The molecule has 0 spiro atoms. The van der Waals surface area contributed by atoms with E-state index in [2.05, 4.69) is 36.5 Å². The predicted molar refractivity (Wildman–Crippen MR) is 118 cm³/mol. The van der Waals surface area contributed by atoms with E-state index >= 15 is 0 Å². The van der Waals surface area contributed by atoms with Crippen molar-refractivity contribution in [1.82, 2.24) is 9.97 Å². The molecular weight excluding hydrogens is 380 g/mol. The van der Waals surface area contributed by atoms with Crippen LogP contribution in [-0.2, 0) is 30.5 Å². The van der Waals surface area contributed by atoms with Crippen LogP contribution in [0, 0.1) is 0 Å². The fraction of sp³-hybridized carbons (Fsp3) is 0.478. The molecule has 3 aromatic rings. The second-order valence-electron chi connectivity index (χ2n) is 8.09. The summed E-state index contributed by atoms with van der Waals surface area (Å²) in [4.78, 5) is 14.2. The summed E-state index contributed by atoms with van der Waals surface area (Å²) < 4.78 is 5.51. The van der Waals surface area contributed by atoms with Crippen LogP contribution in [-0.4, -0.2) is 36.3 Å². The second kappa shape index (κ2) is 8.38. The van der Waals surface area contributed by atoms with E-state index in [0.29, 0.717) is 0 Å². The summed E-state index contributed by atoms with van der Waals surface area (Å²) in [5.74, 6) is 1.93. The molecule has 1 aromatic carbocycles. The van der Waals surface area contributed by atoms with Crippen LogP contribution in [0.2, 0.25) is 0 Å². The molecule has 29 heavy (non-hydrogen) atoms. The first-order valence-corrected chi connectivity index (χ1v) is 11.7. The van der Waals surface area contributed by atoms with Crippen LogP contribution in [0.15, 0.2) is 24.3 Å². The number of quaternary nitrogens is 1. The summed E-state index contributed by atoms with van der Waals surface area (Å²) in [6, 6.07) is 8.72. The molecule has 1 fully saturated rings. The molecule has 2 aromatic heterocycles. The number of nitrogens with zero attached hydrogens (tertiary/aromatic N) is 2. The van der Waals surface area contributed by atoms with Gasteiger partial charge in [-0.3, -0.25) is 0 Å². The van der Waals surface area contributed by atoms with Crippen LogP contribution in [0.5, 0.6) is 0 Å². The number of nitrogens with one attached hydrogen (secondary N) is 2. The molecule has 2 aliphatic rings. The highest BCUT2D eigenvalue weighted by Gasteiger charge is 2.23. The third-order valence-electron chi connectivity index (χ3n) is 6.09. The van der Waals surface area contributed by atoms with E-state index in [1.54, 1.807) is 0 Å². The van der Waals surface area contributed by atoms with Gasteiger partial charge in [-0.2, -0.15) is 0 Å². The monoisotopic (exact) mass is 409 g/mol. The Morgan fingerprint density at radius 3 is 2.66 bits per heavy atom. The molecule has 5 nitrogen and oxygen atoms in total. The fourth-order valence-electron chi connectivity index (χ4n) is 4.39. The zero-order valence-electron chi connectivity index (χ0n) is 17.1. The van der Waals surface area contributed by atoms with Crippen molar-refractivity contribution >= 4 is 33.1 Å². The molecule has 0 radical (unpaired) electrons. The minimum Gasteiger partial charge on any atom is -0.370 e. The van der Waals surface area contributed by atoms with Crippen LogP contribution in [0.1, 0.15) is 41.6 Å². The standard InChI is InChI=1S/C23H28N4OS/c1-2-16-7-9-17(10-8-16)24-22-21-18-5-3-4-6-19(18)29-23(21)26-20(25-22)15-27-11-13-28-14-12-27/h7-10H,2-6,11-15H2,1H3,(H,24,25,26)/p+1. The normalized spacial score (nSPS) is 17.4. The van der Waals surface area contributed by atoms with Gasteiger partial charge in [-0.15, -0.1) is 11.3 Å². The average Bonchev–Trinajstić information content (AvgIpc) is 3.13. The first kappa shape index (κ1) is 19.0. The first-order chi connectivity index (χ1) is 14.3. The molecule has 0 saturated carbocycles. The molecule has 152 valence electrons. The summed E-state index contributed by atoms with van der Waals surface area (Å²) >= 11 is 1.88. The van der Waals surface area contributed by atoms with Gasteiger partial charge in [0.2, 0.25) is 0 Å². The maximum Gasteiger partial charge on any atom is 0.187 e. The van der Waals surface area contributed by atoms with Gasteiger partial charge in [0.1, 0.15) is 30.3 Å². The number of ether oxygens (including phenoxy) is 1. The van der Waals surface area contributed by atoms with E-state index in [1.807, 2.05) is 11.3 Å². The van der Waals surface area contributed by atoms with Gasteiger partial charge in [0.15, 0.2) is 5.82 Å². The Bertz CT molecular complexity index is 992. The van der Waals surface area contributed by atoms with Crippen molar-refractivity contribution in [2.24, 2.45) is 0 Å². The number of thiophene rings is 1. The van der Waals surface area contributed by atoms with Gasteiger partial charge < -0.3 is 15.0 Å². The van der Waals surface area contributed by atoms with Crippen molar-refractivity contribution in [1.29, 1.82) is 0 Å². The zero-order valence-corrected chi connectivity index (χ0v) is 17.9. The lowest BCUT2D eigenvalue weighted by Gasteiger charge is -2.23. The Kier molecular flexibility index (Phi) is 5.48. The van der Waals surface area contributed by atoms with Crippen molar-refractivity contribution in [2.75, 3.05) is 31.6 Å². The van der Waals surface area contributed by atoms with Crippen LogP contribution in [0.3, 0.4) is 0 Å². The largest absolute Gasteiger partial charge is 0.370 e. The van der Waals surface area contributed by atoms with E-state index in [9.17, 15) is 0 Å². The van der Waals surface area contributed by atoms with Gasteiger partial charge >= 0.3 is 0 Å². The third kappa shape index (κ3) is 4.02. The smallest absolute Gasteiger partial charge is 0.187 e.